The standard InChI is InChI=1S/C13H12F3N3O4/c1-19(21-2)12(20)22-7-8-3-5-9(6-4-8)10-17-11(23-18-10)13(14,15)16/h3-6H,7H2,1-2H3. The number of aromatic nitrogens is 2. The fraction of sp³-hybridized carbons (Fsp3) is 0.308. The molecule has 0 atom stereocenters. The molecule has 2 aromatic rings. The van der Waals surface area contributed by atoms with Crippen LogP contribution in [0.2, 0.25) is 0 Å². The minimum atomic E-state index is -4.69. The molecule has 0 aliphatic carbocycles. The molecule has 124 valence electrons. The van der Waals surface area contributed by atoms with E-state index < -0.39 is 18.2 Å². The van der Waals surface area contributed by atoms with Crippen molar-refractivity contribution in [3.05, 3.63) is 35.7 Å². The fourth-order valence-electron chi connectivity index (χ4n) is 1.52. The number of halogens is 3. The second-order valence-corrected chi connectivity index (χ2v) is 4.35. The van der Waals surface area contributed by atoms with E-state index in [1.54, 1.807) is 12.1 Å². The summed E-state index contributed by atoms with van der Waals surface area (Å²) in [6.45, 7) is -0.0210. The molecular formula is C13H12F3N3O4. The predicted molar refractivity (Wildman–Crippen MR) is 69.7 cm³/mol. The molecule has 0 saturated heterocycles. The molecule has 23 heavy (non-hydrogen) atoms. The maximum Gasteiger partial charge on any atom is 0.471 e. The van der Waals surface area contributed by atoms with Crippen molar-refractivity contribution in [2.24, 2.45) is 0 Å². The number of carbonyl (C=O) groups is 1. The van der Waals surface area contributed by atoms with E-state index in [1.165, 1.54) is 26.3 Å². The number of carbonyl (C=O) groups excluding carboxylic acids is 1. The van der Waals surface area contributed by atoms with Crippen LogP contribution in [-0.2, 0) is 22.4 Å². The predicted octanol–water partition coefficient (Wildman–Crippen LogP) is 2.89. The Bertz CT molecular complexity index is 670. The molecule has 0 N–H and O–H groups in total. The molecule has 0 aliphatic heterocycles. The second-order valence-electron chi connectivity index (χ2n) is 4.35. The highest BCUT2D eigenvalue weighted by Gasteiger charge is 2.38. The van der Waals surface area contributed by atoms with E-state index >= 15 is 0 Å². The van der Waals surface area contributed by atoms with Crippen molar-refractivity contribution in [2.45, 2.75) is 12.8 Å². The van der Waals surface area contributed by atoms with Gasteiger partial charge in [0.2, 0.25) is 5.82 Å². The molecule has 1 heterocycles. The van der Waals surface area contributed by atoms with E-state index in [2.05, 4.69) is 19.5 Å². The molecule has 1 aromatic heterocycles. The molecule has 0 saturated carbocycles. The zero-order valence-electron chi connectivity index (χ0n) is 12.1. The van der Waals surface area contributed by atoms with Crippen LogP contribution < -0.4 is 0 Å². The van der Waals surface area contributed by atoms with Crippen LogP contribution in [0, 0.1) is 0 Å². The highest BCUT2D eigenvalue weighted by molar-refractivity contribution is 5.65. The third-order valence-electron chi connectivity index (χ3n) is 2.77. The molecular weight excluding hydrogens is 319 g/mol. The summed E-state index contributed by atoms with van der Waals surface area (Å²) in [6.07, 6.45) is -5.36. The Morgan fingerprint density at radius 3 is 2.48 bits per heavy atom. The summed E-state index contributed by atoms with van der Waals surface area (Å²) in [5, 5.41) is 4.19. The van der Waals surface area contributed by atoms with Gasteiger partial charge in [-0.3, -0.25) is 4.84 Å². The normalized spacial score (nSPS) is 11.3. The topological polar surface area (TPSA) is 77.7 Å². The maximum absolute atomic E-state index is 12.4. The zero-order valence-corrected chi connectivity index (χ0v) is 12.1. The average Bonchev–Trinajstić information content (AvgIpc) is 3.02. The fourth-order valence-corrected chi connectivity index (χ4v) is 1.52. The zero-order chi connectivity index (χ0) is 17.0. The highest BCUT2D eigenvalue weighted by atomic mass is 19.4. The number of benzene rings is 1. The van der Waals surface area contributed by atoms with Crippen molar-refractivity contribution in [3.63, 3.8) is 0 Å². The van der Waals surface area contributed by atoms with Gasteiger partial charge in [-0.1, -0.05) is 29.4 Å². The number of rotatable bonds is 4. The number of ether oxygens (including phenoxy) is 1. The Kier molecular flexibility index (Phi) is 4.84. The summed E-state index contributed by atoms with van der Waals surface area (Å²) in [5.41, 5.74) is 0.972. The van der Waals surface area contributed by atoms with Crippen LogP contribution in [0.4, 0.5) is 18.0 Å². The van der Waals surface area contributed by atoms with Crippen LogP contribution in [0.1, 0.15) is 11.5 Å². The minimum Gasteiger partial charge on any atom is -0.443 e. The van der Waals surface area contributed by atoms with Crippen LogP contribution in [0.3, 0.4) is 0 Å². The molecule has 0 radical (unpaired) electrons. The van der Waals surface area contributed by atoms with Crippen molar-refractivity contribution in [2.75, 3.05) is 14.2 Å². The molecule has 0 bridgehead atoms. The van der Waals surface area contributed by atoms with E-state index in [4.69, 9.17) is 4.74 Å². The molecule has 0 fully saturated rings. The number of hydrogen-bond donors (Lipinski definition) is 0. The van der Waals surface area contributed by atoms with E-state index in [0.717, 1.165) is 5.06 Å². The SMILES string of the molecule is CON(C)C(=O)OCc1ccc(-c2noc(C(F)(F)F)n2)cc1. The van der Waals surface area contributed by atoms with Crippen molar-refractivity contribution >= 4 is 6.09 Å². The van der Waals surface area contributed by atoms with Gasteiger partial charge in [0.05, 0.1) is 7.11 Å². The minimum absolute atomic E-state index is 0.0210. The lowest BCUT2D eigenvalue weighted by atomic mass is 10.1. The summed E-state index contributed by atoms with van der Waals surface area (Å²) in [7, 11) is 2.70. The van der Waals surface area contributed by atoms with Crippen molar-refractivity contribution in [1.29, 1.82) is 0 Å². The van der Waals surface area contributed by atoms with Gasteiger partial charge < -0.3 is 9.26 Å². The van der Waals surface area contributed by atoms with Gasteiger partial charge in [0.1, 0.15) is 6.61 Å². The number of nitrogens with zero attached hydrogens (tertiary/aromatic N) is 3. The first kappa shape index (κ1) is 16.7. The number of alkyl halides is 3. The number of hydroxylamine groups is 2. The molecule has 2 rings (SSSR count). The van der Waals surface area contributed by atoms with Gasteiger partial charge >= 0.3 is 18.2 Å². The lowest BCUT2D eigenvalue weighted by Gasteiger charge is -2.13. The highest BCUT2D eigenvalue weighted by Crippen LogP contribution is 2.29. The number of hydrogen-bond acceptors (Lipinski definition) is 6. The Labute approximate surface area is 128 Å². The molecule has 7 nitrogen and oxygen atoms in total. The van der Waals surface area contributed by atoms with E-state index in [9.17, 15) is 18.0 Å². The monoisotopic (exact) mass is 331 g/mol. The molecule has 1 aromatic carbocycles. The molecule has 0 aliphatic rings. The van der Waals surface area contributed by atoms with Crippen LogP contribution in [0.25, 0.3) is 11.4 Å². The maximum atomic E-state index is 12.4. The third kappa shape index (κ3) is 4.19. The first-order valence-electron chi connectivity index (χ1n) is 6.26. The van der Waals surface area contributed by atoms with E-state index in [0.29, 0.717) is 11.1 Å². The van der Waals surface area contributed by atoms with E-state index in [1.807, 2.05) is 0 Å². The Balaban J connectivity index is 2.02. The van der Waals surface area contributed by atoms with Gasteiger partial charge in [0.25, 0.3) is 0 Å². The molecule has 0 unspecified atom stereocenters. The van der Waals surface area contributed by atoms with Crippen molar-refractivity contribution in [3.8, 4) is 11.4 Å². The van der Waals surface area contributed by atoms with Crippen molar-refractivity contribution < 1.29 is 32.1 Å². The van der Waals surface area contributed by atoms with Crippen LogP contribution >= 0.6 is 0 Å². The summed E-state index contributed by atoms with van der Waals surface area (Å²) in [5.74, 6) is -1.59. The van der Waals surface area contributed by atoms with Gasteiger partial charge in [-0.25, -0.2) is 4.79 Å². The third-order valence-corrected chi connectivity index (χ3v) is 2.77. The quantitative estimate of drug-likeness (QED) is 0.802. The lowest BCUT2D eigenvalue weighted by molar-refractivity contribution is -0.159. The smallest absolute Gasteiger partial charge is 0.443 e. The first-order chi connectivity index (χ1) is 10.8. The Morgan fingerprint density at radius 2 is 1.96 bits per heavy atom. The average molecular weight is 331 g/mol. The molecule has 10 heteroatoms. The summed E-state index contributed by atoms with van der Waals surface area (Å²) in [6, 6.07) is 6.13. The first-order valence-corrected chi connectivity index (χ1v) is 6.26. The summed E-state index contributed by atoms with van der Waals surface area (Å²) in [4.78, 5) is 19.3. The molecule has 1 amide bonds. The lowest BCUT2D eigenvalue weighted by Crippen LogP contribution is -2.26. The molecule has 0 spiro atoms. The second kappa shape index (κ2) is 6.65. The van der Waals surface area contributed by atoms with Gasteiger partial charge in [-0.05, 0) is 5.56 Å². The Hall–Kier alpha value is -2.62. The van der Waals surface area contributed by atoms with Gasteiger partial charge in [-0.15, -0.1) is 0 Å². The Morgan fingerprint density at radius 1 is 1.30 bits per heavy atom. The van der Waals surface area contributed by atoms with Gasteiger partial charge in [-0.2, -0.15) is 23.2 Å². The number of amides is 1. The summed E-state index contributed by atoms with van der Waals surface area (Å²) < 4.78 is 46.3. The summed E-state index contributed by atoms with van der Waals surface area (Å²) >= 11 is 0. The van der Waals surface area contributed by atoms with Crippen LogP contribution in [0.5, 0.6) is 0 Å². The largest absolute Gasteiger partial charge is 0.471 e. The van der Waals surface area contributed by atoms with E-state index in [-0.39, 0.29) is 12.4 Å². The van der Waals surface area contributed by atoms with Gasteiger partial charge in [0.15, 0.2) is 0 Å². The van der Waals surface area contributed by atoms with Crippen LogP contribution in [-0.4, -0.2) is 35.5 Å². The van der Waals surface area contributed by atoms with Crippen LogP contribution in [0.15, 0.2) is 28.8 Å². The van der Waals surface area contributed by atoms with Crippen molar-refractivity contribution in [1.82, 2.24) is 15.2 Å². The van der Waals surface area contributed by atoms with Gasteiger partial charge in [0, 0.05) is 12.6 Å².